The second-order valence-electron chi connectivity index (χ2n) is 6.77. The van der Waals surface area contributed by atoms with Gasteiger partial charge in [0.2, 0.25) is 5.91 Å². The van der Waals surface area contributed by atoms with Gasteiger partial charge in [-0.1, -0.05) is 47.6 Å². The van der Waals surface area contributed by atoms with Gasteiger partial charge in [-0.25, -0.2) is 0 Å². The first-order valence-electron chi connectivity index (χ1n) is 9.51. The Morgan fingerprint density at radius 3 is 2.52 bits per heavy atom. The molecule has 0 aliphatic heterocycles. The van der Waals surface area contributed by atoms with E-state index < -0.39 is 0 Å². The van der Waals surface area contributed by atoms with E-state index in [1.54, 1.807) is 36.4 Å². The standard InChI is InChI=1S/C23H19ClN4O2S/c1-15-19(24)8-5-9-20(15)25-21(30)14-31-23-27-26-22(16-10-12-18(29)13-11-16)28(23)17-6-3-2-4-7-17/h2-13,29H,14H2,1H3,(H,25,30). The van der Waals surface area contributed by atoms with E-state index in [0.29, 0.717) is 21.7 Å². The second kappa shape index (κ2) is 9.24. The monoisotopic (exact) mass is 450 g/mol. The Kier molecular flexibility index (Phi) is 6.25. The molecule has 0 unspecified atom stereocenters. The molecule has 31 heavy (non-hydrogen) atoms. The molecule has 0 aliphatic carbocycles. The molecule has 0 radical (unpaired) electrons. The highest BCUT2D eigenvalue weighted by atomic mass is 35.5. The number of phenols is 1. The van der Waals surface area contributed by atoms with Crippen LogP contribution in [0.3, 0.4) is 0 Å². The van der Waals surface area contributed by atoms with Gasteiger partial charge in [0.05, 0.1) is 5.75 Å². The van der Waals surface area contributed by atoms with Crippen molar-refractivity contribution in [3.05, 3.63) is 83.4 Å². The number of nitrogens with one attached hydrogen (secondary N) is 1. The van der Waals surface area contributed by atoms with Crippen LogP contribution in [0, 0.1) is 6.92 Å². The molecule has 3 aromatic carbocycles. The number of rotatable bonds is 6. The molecular weight excluding hydrogens is 432 g/mol. The summed E-state index contributed by atoms with van der Waals surface area (Å²) in [5.74, 6) is 0.799. The van der Waals surface area contributed by atoms with Crippen LogP contribution in [0.5, 0.6) is 5.75 Å². The van der Waals surface area contributed by atoms with Gasteiger partial charge in [-0.2, -0.15) is 0 Å². The van der Waals surface area contributed by atoms with Crippen molar-refractivity contribution in [1.82, 2.24) is 14.8 Å². The van der Waals surface area contributed by atoms with E-state index >= 15 is 0 Å². The van der Waals surface area contributed by atoms with Gasteiger partial charge in [0, 0.05) is 22.0 Å². The Labute approximate surface area is 188 Å². The minimum absolute atomic E-state index is 0.159. The topological polar surface area (TPSA) is 80.0 Å². The van der Waals surface area contributed by atoms with Gasteiger partial charge in [-0.3, -0.25) is 9.36 Å². The van der Waals surface area contributed by atoms with Gasteiger partial charge in [-0.05, 0) is 61.0 Å². The highest BCUT2D eigenvalue weighted by Crippen LogP contribution is 2.29. The van der Waals surface area contributed by atoms with E-state index in [0.717, 1.165) is 16.8 Å². The SMILES string of the molecule is Cc1c(Cl)cccc1NC(=O)CSc1nnc(-c2ccc(O)cc2)n1-c1ccccc1. The molecule has 8 heteroatoms. The third-order valence-electron chi connectivity index (χ3n) is 4.65. The maximum absolute atomic E-state index is 12.6. The zero-order valence-corrected chi connectivity index (χ0v) is 18.2. The van der Waals surface area contributed by atoms with E-state index in [2.05, 4.69) is 15.5 Å². The highest BCUT2D eigenvalue weighted by molar-refractivity contribution is 7.99. The van der Waals surface area contributed by atoms with Gasteiger partial charge in [0.15, 0.2) is 11.0 Å². The molecule has 0 atom stereocenters. The first kappa shape index (κ1) is 21.0. The molecule has 156 valence electrons. The van der Waals surface area contributed by atoms with Crippen molar-refractivity contribution in [2.24, 2.45) is 0 Å². The molecule has 6 nitrogen and oxygen atoms in total. The summed E-state index contributed by atoms with van der Waals surface area (Å²) in [5, 5.41) is 22.3. The van der Waals surface area contributed by atoms with Crippen molar-refractivity contribution in [3.63, 3.8) is 0 Å². The van der Waals surface area contributed by atoms with E-state index in [-0.39, 0.29) is 17.4 Å². The second-order valence-corrected chi connectivity index (χ2v) is 8.12. The lowest BCUT2D eigenvalue weighted by molar-refractivity contribution is -0.113. The summed E-state index contributed by atoms with van der Waals surface area (Å²) in [5.41, 5.74) is 3.20. The Hall–Kier alpha value is -3.29. The molecule has 1 aromatic heterocycles. The molecule has 0 fully saturated rings. The Bertz CT molecular complexity index is 1210. The van der Waals surface area contributed by atoms with Crippen molar-refractivity contribution in [2.45, 2.75) is 12.1 Å². The number of carbonyl (C=O) groups excluding carboxylic acids is 1. The number of benzene rings is 3. The van der Waals surface area contributed by atoms with Gasteiger partial charge in [-0.15, -0.1) is 10.2 Å². The van der Waals surface area contributed by atoms with Crippen LogP contribution >= 0.6 is 23.4 Å². The summed E-state index contributed by atoms with van der Waals surface area (Å²) in [4.78, 5) is 12.6. The molecule has 1 heterocycles. The number of hydrogen-bond acceptors (Lipinski definition) is 5. The molecule has 0 saturated carbocycles. The summed E-state index contributed by atoms with van der Waals surface area (Å²) < 4.78 is 1.90. The van der Waals surface area contributed by atoms with Crippen LogP contribution in [0.15, 0.2) is 78.0 Å². The number of hydrogen-bond donors (Lipinski definition) is 2. The molecule has 2 N–H and O–H groups in total. The lowest BCUT2D eigenvalue weighted by Gasteiger charge is -2.11. The zero-order chi connectivity index (χ0) is 21.8. The van der Waals surface area contributed by atoms with E-state index in [1.807, 2.05) is 47.9 Å². The third kappa shape index (κ3) is 4.73. The number of halogens is 1. The predicted octanol–water partition coefficient (Wildman–Crippen LogP) is 5.33. The van der Waals surface area contributed by atoms with E-state index in [1.165, 1.54) is 11.8 Å². The maximum atomic E-state index is 12.6. The quantitative estimate of drug-likeness (QED) is 0.388. The summed E-state index contributed by atoms with van der Waals surface area (Å²) >= 11 is 7.43. The largest absolute Gasteiger partial charge is 0.508 e. The van der Waals surface area contributed by atoms with Gasteiger partial charge in [0.25, 0.3) is 0 Å². The van der Waals surface area contributed by atoms with Crippen LogP contribution in [0.4, 0.5) is 5.69 Å². The fraction of sp³-hybridized carbons (Fsp3) is 0.0870. The number of aromatic nitrogens is 3. The van der Waals surface area contributed by atoms with Crippen LogP contribution in [-0.2, 0) is 4.79 Å². The maximum Gasteiger partial charge on any atom is 0.234 e. The third-order valence-corrected chi connectivity index (χ3v) is 5.99. The van der Waals surface area contributed by atoms with Crippen molar-refractivity contribution in [3.8, 4) is 22.8 Å². The number of aromatic hydroxyl groups is 1. The molecular formula is C23H19ClN4O2S. The Morgan fingerprint density at radius 2 is 1.77 bits per heavy atom. The van der Waals surface area contributed by atoms with Crippen LogP contribution in [-0.4, -0.2) is 31.5 Å². The average Bonchev–Trinajstić information content (AvgIpc) is 3.20. The zero-order valence-electron chi connectivity index (χ0n) is 16.6. The highest BCUT2D eigenvalue weighted by Gasteiger charge is 2.17. The molecule has 1 amide bonds. The summed E-state index contributed by atoms with van der Waals surface area (Å²) in [6.07, 6.45) is 0. The fourth-order valence-electron chi connectivity index (χ4n) is 3.03. The van der Waals surface area contributed by atoms with Gasteiger partial charge < -0.3 is 10.4 Å². The fourth-order valence-corrected chi connectivity index (χ4v) is 3.96. The van der Waals surface area contributed by atoms with Crippen molar-refractivity contribution >= 4 is 35.0 Å². The number of anilines is 1. The number of thioether (sulfide) groups is 1. The molecule has 0 aliphatic rings. The normalized spacial score (nSPS) is 10.8. The van der Waals surface area contributed by atoms with Crippen LogP contribution in [0.25, 0.3) is 17.1 Å². The average molecular weight is 451 g/mol. The number of para-hydroxylation sites is 1. The molecule has 0 spiro atoms. The molecule has 4 aromatic rings. The predicted molar refractivity (Wildman–Crippen MR) is 124 cm³/mol. The van der Waals surface area contributed by atoms with Gasteiger partial charge >= 0.3 is 0 Å². The van der Waals surface area contributed by atoms with Crippen molar-refractivity contribution < 1.29 is 9.90 Å². The Morgan fingerprint density at radius 1 is 1.03 bits per heavy atom. The molecule has 0 bridgehead atoms. The van der Waals surface area contributed by atoms with Crippen LogP contribution in [0.2, 0.25) is 5.02 Å². The summed E-state index contributed by atoms with van der Waals surface area (Å²) in [7, 11) is 0. The molecule has 4 rings (SSSR count). The number of amides is 1. The number of carbonyl (C=O) groups is 1. The smallest absolute Gasteiger partial charge is 0.234 e. The van der Waals surface area contributed by atoms with Gasteiger partial charge in [0.1, 0.15) is 5.75 Å². The first-order valence-corrected chi connectivity index (χ1v) is 10.9. The molecule has 0 saturated heterocycles. The van der Waals surface area contributed by atoms with Crippen LogP contribution in [0.1, 0.15) is 5.56 Å². The lowest BCUT2D eigenvalue weighted by Crippen LogP contribution is -2.15. The van der Waals surface area contributed by atoms with E-state index in [4.69, 9.17) is 11.6 Å². The van der Waals surface area contributed by atoms with Crippen molar-refractivity contribution in [1.29, 1.82) is 0 Å². The van der Waals surface area contributed by atoms with Crippen LogP contribution < -0.4 is 5.32 Å². The lowest BCUT2D eigenvalue weighted by atomic mass is 10.2. The van der Waals surface area contributed by atoms with Crippen molar-refractivity contribution in [2.75, 3.05) is 11.1 Å². The number of nitrogens with zero attached hydrogens (tertiary/aromatic N) is 3. The minimum Gasteiger partial charge on any atom is -0.508 e. The number of phenolic OH excluding ortho intramolecular Hbond substituents is 1. The first-order chi connectivity index (χ1) is 15.0. The summed E-state index contributed by atoms with van der Waals surface area (Å²) in [6.45, 7) is 1.86. The minimum atomic E-state index is -0.163. The van der Waals surface area contributed by atoms with E-state index in [9.17, 15) is 9.90 Å². The summed E-state index contributed by atoms with van der Waals surface area (Å²) in [6, 6.07) is 21.9. The Balaban J connectivity index is 1.59.